The van der Waals surface area contributed by atoms with Crippen molar-refractivity contribution in [3.63, 3.8) is 0 Å². The smallest absolute Gasteiger partial charge is 0.404 e. The van der Waals surface area contributed by atoms with Crippen molar-refractivity contribution in [2.45, 2.75) is 108 Å². The van der Waals surface area contributed by atoms with Gasteiger partial charge in [-0.1, -0.05) is 32.1 Å². The third-order valence-corrected chi connectivity index (χ3v) is 11.8. The Hall–Kier alpha value is -3.63. The number of halogens is 1. The second-order valence-corrected chi connectivity index (χ2v) is 14.3. The number of carboxylic acid groups (broad SMARTS) is 1. The molecule has 5 aliphatic rings. The van der Waals surface area contributed by atoms with Gasteiger partial charge in [-0.15, -0.1) is 0 Å². The minimum Gasteiger partial charge on any atom is -0.465 e. The van der Waals surface area contributed by atoms with Gasteiger partial charge >= 0.3 is 12.1 Å². The molecule has 3 atom stereocenters. The summed E-state index contributed by atoms with van der Waals surface area (Å²) in [7, 11) is 0. The van der Waals surface area contributed by atoms with Gasteiger partial charge in [0.1, 0.15) is 18.4 Å². The predicted octanol–water partition coefficient (Wildman–Crippen LogP) is 6.19. The molecule has 3 saturated carbocycles. The van der Waals surface area contributed by atoms with Gasteiger partial charge in [0.25, 0.3) is 0 Å². The standard InChI is InChI=1S/C35H45FN4O6/c36-20-27(38-34(44)45)22-8-10-23(11-9-22)32(42)39-17-14-26(21-6-2-1-3-7-21)30(39)31(41)37-25-12-13-28-24(18-25)19-29-33(43)46-35(40(28)29)15-4-5-16-35/h12-13,18-19,21-23,26-27,30,38H,1-11,14-17,20H2,(H,37,41)(H,44,45)/t22?,23?,26-,27+,30-/m0/s1. The Bertz CT molecular complexity index is 1500. The van der Waals surface area contributed by atoms with Gasteiger partial charge in [-0.25, -0.2) is 14.0 Å². The molecule has 3 aliphatic carbocycles. The number of hydrogen-bond acceptors (Lipinski definition) is 5. The molecule has 10 nitrogen and oxygen atoms in total. The molecule has 46 heavy (non-hydrogen) atoms. The van der Waals surface area contributed by atoms with Gasteiger partial charge in [0.15, 0.2) is 5.72 Å². The molecule has 2 aliphatic heterocycles. The molecule has 2 aromatic rings. The molecule has 0 unspecified atom stereocenters. The number of fused-ring (bicyclic) bond motifs is 4. The van der Waals surface area contributed by atoms with Crippen LogP contribution in [-0.4, -0.2) is 63.8 Å². The van der Waals surface area contributed by atoms with Gasteiger partial charge < -0.3 is 25.4 Å². The molecule has 3 N–H and O–H groups in total. The van der Waals surface area contributed by atoms with Crippen LogP contribution in [0.3, 0.4) is 0 Å². The third-order valence-electron chi connectivity index (χ3n) is 11.8. The molecule has 11 heteroatoms. The maximum atomic E-state index is 14.2. The Morgan fingerprint density at radius 3 is 2.41 bits per heavy atom. The lowest BCUT2D eigenvalue weighted by Gasteiger charge is -2.37. The number of ether oxygens (including phenoxy) is 1. The van der Waals surface area contributed by atoms with E-state index < -0.39 is 30.6 Å². The summed E-state index contributed by atoms with van der Waals surface area (Å²) >= 11 is 0. The number of nitrogens with zero attached hydrogens (tertiary/aromatic N) is 2. The number of carbonyl (C=O) groups excluding carboxylic acids is 3. The van der Waals surface area contributed by atoms with E-state index in [1.165, 1.54) is 6.42 Å². The largest absolute Gasteiger partial charge is 0.465 e. The van der Waals surface area contributed by atoms with Crippen LogP contribution in [0.4, 0.5) is 14.9 Å². The monoisotopic (exact) mass is 636 g/mol. The number of carbonyl (C=O) groups is 4. The van der Waals surface area contributed by atoms with Crippen LogP contribution in [0.15, 0.2) is 24.3 Å². The van der Waals surface area contributed by atoms with E-state index in [0.717, 1.165) is 68.7 Å². The van der Waals surface area contributed by atoms with E-state index in [0.29, 0.717) is 49.5 Å². The van der Waals surface area contributed by atoms with Crippen LogP contribution in [0.5, 0.6) is 0 Å². The quantitative estimate of drug-likeness (QED) is 0.311. The second-order valence-electron chi connectivity index (χ2n) is 14.3. The average Bonchev–Trinajstić information content (AvgIpc) is 3.85. The van der Waals surface area contributed by atoms with Crippen LogP contribution in [0, 0.1) is 23.7 Å². The first-order valence-corrected chi connectivity index (χ1v) is 17.3. The van der Waals surface area contributed by atoms with Crippen molar-refractivity contribution < 1.29 is 33.4 Å². The Labute approximate surface area is 268 Å². The molecule has 3 amide bonds. The van der Waals surface area contributed by atoms with Gasteiger partial charge in [-0.3, -0.25) is 14.2 Å². The maximum absolute atomic E-state index is 14.2. The van der Waals surface area contributed by atoms with Crippen LogP contribution in [0.2, 0.25) is 0 Å². The summed E-state index contributed by atoms with van der Waals surface area (Å²) < 4.78 is 21.5. The first-order chi connectivity index (χ1) is 22.3. The molecule has 1 spiro atoms. The Balaban J connectivity index is 1.09. The zero-order valence-corrected chi connectivity index (χ0v) is 26.3. The number of hydrogen-bond donors (Lipinski definition) is 3. The Morgan fingerprint density at radius 2 is 1.72 bits per heavy atom. The number of likely N-dealkylation sites (tertiary alicyclic amines) is 1. The van der Waals surface area contributed by atoms with E-state index in [1.54, 1.807) is 0 Å². The highest BCUT2D eigenvalue weighted by Crippen LogP contribution is 2.46. The fraction of sp³-hybridized carbons (Fsp3) is 0.657. The Morgan fingerprint density at radius 1 is 0.978 bits per heavy atom. The molecular weight excluding hydrogens is 591 g/mol. The highest BCUT2D eigenvalue weighted by atomic mass is 19.1. The van der Waals surface area contributed by atoms with Crippen molar-refractivity contribution >= 4 is 40.5 Å². The summed E-state index contributed by atoms with van der Waals surface area (Å²) in [6, 6.07) is 6.28. The molecule has 1 saturated heterocycles. The minimum atomic E-state index is -1.24. The molecular formula is C35H45FN4O6. The van der Waals surface area contributed by atoms with Crippen molar-refractivity contribution in [2.75, 3.05) is 18.5 Å². The van der Waals surface area contributed by atoms with Crippen LogP contribution in [0.25, 0.3) is 10.9 Å². The number of alkyl halides is 1. The third kappa shape index (κ3) is 5.53. The number of nitrogens with one attached hydrogen (secondary N) is 2. The molecule has 1 aromatic heterocycles. The average molecular weight is 637 g/mol. The zero-order chi connectivity index (χ0) is 32.0. The topological polar surface area (TPSA) is 130 Å². The van der Waals surface area contributed by atoms with E-state index >= 15 is 0 Å². The van der Waals surface area contributed by atoms with E-state index in [1.807, 2.05) is 33.7 Å². The summed E-state index contributed by atoms with van der Waals surface area (Å²) in [5, 5.41) is 15.4. The van der Waals surface area contributed by atoms with Gasteiger partial charge in [0.2, 0.25) is 11.8 Å². The minimum absolute atomic E-state index is 0.0143. The van der Waals surface area contributed by atoms with Gasteiger partial charge in [0.05, 0.1) is 11.6 Å². The maximum Gasteiger partial charge on any atom is 0.404 e. The molecule has 1 aromatic carbocycles. The summed E-state index contributed by atoms with van der Waals surface area (Å²) in [6.07, 6.45) is 11.1. The van der Waals surface area contributed by atoms with Crippen molar-refractivity contribution in [3.8, 4) is 0 Å². The normalized spacial score (nSPS) is 28.3. The van der Waals surface area contributed by atoms with E-state index in [2.05, 4.69) is 10.6 Å². The van der Waals surface area contributed by atoms with E-state index in [-0.39, 0.29) is 35.5 Å². The fourth-order valence-electron chi connectivity index (χ4n) is 9.52. The van der Waals surface area contributed by atoms with Gasteiger partial charge in [-0.05, 0) is 87.0 Å². The number of amides is 3. The zero-order valence-electron chi connectivity index (χ0n) is 26.3. The molecule has 0 radical (unpaired) electrons. The van der Waals surface area contributed by atoms with Crippen molar-refractivity contribution in [1.82, 2.24) is 14.8 Å². The first kappa shape index (κ1) is 31.0. The van der Waals surface area contributed by atoms with Crippen LogP contribution in [-0.2, 0) is 20.1 Å². The molecule has 4 fully saturated rings. The lowest BCUT2D eigenvalue weighted by Crippen LogP contribution is -2.50. The number of benzene rings is 1. The first-order valence-electron chi connectivity index (χ1n) is 17.3. The molecule has 248 valence electrons. The van der Waals surface area contributed by atoms with E-state index in [4.69, 9.17) is 9.84 Å². The fourth-order valence-corrected chi connectivity index (χ4v) is 9.52. The summed E-state index contributed by atoms with van der Waals surface area (Å²) in [5.74, 6) is -0.397. The van der Waals surface area contributed by atoms with Crippen molar-refractivity contribution in [1.29, 1.82) is 0 Å². The second kappa shape index (κ2) is 12.5. The van der Waals surface area contributed by atoms with E-state index in [9.17, 15) is 23.6 Å². The van der Waals surface area contributed by atoms with Gasteiger partial charge in [-0.2, -0.15) is 0 Å². The number of rotatable bonds is 7. The Kier molecular flexibility index (Phi) is 8.44. The van der Waals surface area contributed by atoms with Crippen LogP contribution < -0.4 is 10.6 Å². The lowest BCUT2D eigenvalue weighted by atomic mass is 9.76. The summed E-state index contributed by atoms with van der Waals surface area (Å²) in [6.45, 7) is -0.225. The highest BCUT2D eigenvalue weighted by Gasteiger charge is 2.49. The summed E-state index contributed by atoms with van der Waals surface area (Å²) in [4.78, 5) is 53.9. The van der Waals surface area contributed by atoms with Crippen LogP contribution >= 0.6 is 0 Å². The SMILES string of the molecule is O=C(O)N[C@H](CF)C1CCC(C(=O)N2CC[C@@H](C3CCCCC3)[C@H]2C(=O)Nc2ccc3c(c2)cc2n3C3(CCCC3)OC2=O)CC1. The van der Waals surface area contributed by atoms with Gasteiger partial charge in [0, 0.05) is 36.4 Å². The summed E-state index contributed by atoms with van der Waals surface area (Å²) in [5.41, 5.74) is 1.51. The van der Waals surface area contributed by atoms with Crippen molar-refractivity contribution in [3.05, 3.63) is 30.0 Å². The highest BCUT2D eigenvalue weighted by molar-refractivity contribution is 6.02. The number of anilines is 1. The number of esters is 1. The van der Waals surface area contributed by atoms with Crippen LogP contribution in [0.1, 0.15) is 100 Å². The molecule has 3 heterocycles. The van der Waals surface area contributed by atoms with Crippen molar-refractivity contribution in [2.24, 2.45) is 23.7 Å². The lowest BCUT2D eigenvalue weighted by molar-refractivity contribution is -0.142. The predicted molar refractivity (Wildman–Crippen MR) is 169 cm³/mol. The number of aromatic nitrogens is 1. The molecule has 7 rings (SSSR count). The molecule has 0 bridgehead atoms.